The number of aromatic nitrogens is 1. The molecule has 1 atom stereocenters. The summed E-state index contributed by atoms with van der Waals surface area (Å²) in [5.74, 6) is 0.364. The summed E-state index contributed by atoms with van der Waals surface area (Å²) in [6.07, 6.45) is 2.42. The molecule has 0 radical (unpaired) electrons. The summed E-state index contributed by atoms with van der Waals surface area (Å²) < 4.78 is 28.5. The standard InChI is InChI=1S/C18H20BrF2N5/c1-22-18(24-10-12-9-13(19)4-5-15(12)20)25-14-6-8-26(11-14)17-16(21)3-2-7-23-17/h2-5,7,9,14H,6,8,10-11H2,1H3,(H2,22,24,25). The fraction of sp³-hybridized carbons (Fsp3) is 0.333. The Morgan fingerprint density at radius 3 is 2.96 bits per heavy atom. The van der Waals surface area contributed by atoms with Gasteiger partial charge in [0.2, 0.25) is 0 Å². The minimum Gasteiger partial charge on any atom is -0.352 e. The molecule has 2 heterocycles. The molecule has 0 aliphatic carbocycles. The van der Waals surface area contributed by atoms with Crippen LogP contribution in [0.4, 0.5) is 14.6 Å². The number of guanidine groups is 1. The summed E-state index contributed by atoms with van der Waals surface area (Å²) >= 11 is 3.34. The number of nitrogens with one attached hydrogen (secondary N) is 2. The van der Waals surface area contributed by atoms with Crippen molar-refractivity contribution in [1.29, 1.82) is 0 Å². The number of anilines is 1. The molecule has 0 amide bonds. The number of halogens is 3. The molecule has 1 aliphatic heterocycles. The van der Waals surface area contributed by atoms with Crippen LogP contribution < -0.4 is 15.5 Å². The van der Waals surface area contributed by atoms with Crippen molar-refractivity contribution in [2.24, 2.45) is 4.99 Å². The Hall–Kier alpha value is -2.22. The fourth-order valence-electron chi connectivity index (χ4n) is 2.93. The van der Waals surface area contributed by atoms with E-state index in [0.29, 0.717) is 37.0 Å². The Bertz CT molecular complexity index is 799. The summed E-state index contributed by atoms with van der Waals surface area (Å²) in [7, 11) is 1.66. The molecular formula is C18H20BrF2N5. The highest BCUT2D eigenvalue weighted by atomic mass is 79.9. The largest absolute Gasteiger partial charge is 0.352 e. The second-order valence-corrected chi connectivity index (χ2v) is 6.96. The zero-order chi connectivity index (χ0) is 18.5. The van der Waals surface area contributed by atoms with Crippen LogP contribution in [0, 0.1) is 11.6 Å². The first kappa shape index (κ1) is 18.6. The molecular weight excluding hydrogens is 404 g/mol. The monoisotopic (exact) mass is 423 g/mol. The van der Waals surface area contributed by atoms with E-state index < -0.39 is 0 Å². The van der Waals surface area contributed by atoms with E-state index in [0.717, 1.165) is 10.9 Å². The van der Waals surface area contributed by atoms with Gasteiger partial charge in [-0.25, -0.2) is 13.8 Å². The van der Waals surface area contributed by atoms with E-state index in [4.69, 9.17) is 0 Å². The maximum atomic E-state index is 13.9. The highest BCUT2D eigenvalue weighted by molar-refractivity contribution is 9.10. The van der Waals surface area contributed by atoms with E-state index in [1.807, 2.05) is 4.90 Å². The number of hydrogen-bond acceptors (Lipinski definition) is 3. The molecule has 5 nitrogen and oxygen atoms in total. The summed E-state index contributed by atoms with van der Waals surface area (Å²) in [5, 5.41) is 6.42. The van der Waals surface area contributed by atoms with Crippen molar-refractivity contribution in [3.05, 3.63) is 58.2 Å². The fourth-order valence-corrected chi connectivity index (χ4v) is 3.33. The van der Waals surface area contributed by atoms with Crippen LogP contribution in [0.25, 0.3) is 0 Å². The lowest BCUT2D eigenvalue weighted by molar-refractivity contribution is 0.599. The van der Waals surface area contributed by atoms with Crippen molar-refractivity contribution < 1.29 is 8.78 Å². The van der Waals surface area contributed by atoms with Gasteiger partial charge in [0.15, 0.2) is 17.6 Å². The molecule has 0 spiro atoms. The van der Waals surface area contributed by atoms with Gasteiger partial charge in [-0.3, -0.25) is 4.99 Å². The normalized spacial score (nSPS) is 17.5. The maximum Gasteiger partial charge on any atom is 0.191 e. The molecule has 26 heavy (non-hydrogen) atoms. The molecule has 1 fully saturated rings. The average Bonchev–Trinajstić information content (AvgIpc) is 3.10. The van der Waals surface area contributed by atoms with Crippen molar-refractivity contribution in [1.82, 2.24) is 15.6 Å². The summed E-state index contributed by atoms with van der Waals surface area (Å²) in [4.78, 5) is 10.2. The van der Waals surface area contributed by atoms with Crippen molar-refractivity contribution in [2.75, 3.05) is 25.0 Å². The first-order valence-electron chi connectivity index (χ1n) is 8.33. The Morgan fingerprint density at radius 1 is 1.35 bits per heavy atom. The Kier molecular flexibility index (Phi) is 6.03. The lowest BCUT2D eigenvalue weighted by Crippen LogP contribution is -2.44. The van der Waals surface area contributed by atoms with Gasteiger partial charge in [0.1, 0.15) is 5.82 Å². The smallest absolute Gasteiger partial charge is 0.191 e. The van der Waals surface area contributed by atoms with Gasteiger partial charge in [-0.2, -0.15) is 0 Å². The predicted molar refractivity (Wildman–Crippen MR) is 102 cm³/mol. The number of pyridine rings is 1. The van der Waals surface area contributed by atoms with Gasteiger partial charge in [-0.05, 0) is 36.8 Å². The van der Waals surface area contributed by atoms with Gasteiger partial charge >= 0.3 is 0 Å². The average molecular weight is 424 g/mol. The molecule has 8 heteroatoms. The first-order valence-corrected chi connectivity index (χ1v) is 9.12. The molecule has 1 aliphatic rings. The predicted octanol–water partition coefficient (Wildman–Crippen LogP) is 3.07. The third-order valence-electron chi connectivity index (χ3n) is 4.25. The van der Waals surface area contributed by atoms with Gasteiger partial charge < -0.3 is 15.5 Å². The van der Waals surface area contributed by atoms with Crippen molar-refractivity contribution in [3.63, 3.8) is 0 Å². The third-order valence-corrected chi connectivity index (χ3v) is 4.74. The van der Waals surface area contributed by atoms with Crippen LogP contribution in [0.2, 0.25) is 0 Å². The molecule has 138 valence electrons. The Balaban J connectivity index is 1.56. The third kappa shape index (κ3) is 4.49. The molecule has 0 bridgehead atoms. The Morgan fingerprint density at radius 2 is 2.19 bits per heavy atom. The van der Waals surface area contributed by atoms with Crippen molar-refractivity contribution in [2.45, 2.75) is 19.0 Å². The summed E-state index contributed by atoms with van der Waals surface area (Å²) in [6, 6.07) is 7.92. The van der Waals surface area contributed by atoms with Gasteiger partial charge in [0, 0.05) is 49.0 Å². The van der Waals surface area contributed by atoms with E-state index in [-0.39, 0.29) is 17.7 Å². The number of nitrogens with zero attached hydrogens (tertiary/aromatic N) is 3. The van der Waals surface area contributed by atoms with E-state index in [1.54, 1.807) is 31.4 Å². The van der Waals surface area contributed by atoms with Gasteiger partial charge in [0.25, 0.3) is 0 Å². The highest BCUT2D eigenvalue weighted by Crippen LogP contribution is 2.20. The van der Waals surface area contributed by atoms with Crippen LogP contribution in [0.15, 0.2) is 46.0 Å². The lowest BCUT2D eigenvalue weighted by atomic mass is 10.2. The number of aliphatic imine (C=N–C) groups is 1. The van der Waals surface area contributed by atoms with Crippen LogP contribution in [0.3, 0.4) is 0 Å². The second-order valence-electron chi connectivity index (χ2n) is 6.05. The molecule has 1 aromatic carbocycles. The molecule has 1 unspecified atom stereocenters. The zero-order valence-electron chi connectivity index (χ0n) is 14.3. The molecule has 1 saturated heterocycles. The lowest BCUT2D eigenvalue weighted by Gasteiger charge is -2.20. The minimum atomic E-state index is -0.319. The van der Waals surface area contributed by atoms with Crippen LogP contribution in [-0.4, -0.2) is 37.1 Å². The van der Waals surface area contributed by atoms with Crippen molar-refractivity contribution in [3.8, 4) is 0 Å². The van der Waals surface area contributed by atoms with Gasteiger partial charge in [0.05, 0.1) is 0 Å². The topological polar surface area (TPSA) is 52.6 Å². The molecule has 2 aromatic rings. The van der Waals surface area contributed by atoms with Crippen LogP contribution >= 0.6 is 15.9 Å². The van der Waals surface area contributed by atoms with E-state index in [1.165, 1.54) is 12.1 Å². The minimum absolute atomic E-state index is 0.106. The maximum absolute atomic E-state index is 13.9. The van der Waals surface area contributed by atoms with Crippen LogP contribution in [0.5, 0.6) is 0 Å². The molecule has 0 saturated carbocycles. The SMILES string of the molecule is CN=C(NCc1cc(Br)ccc1F)NC1CCN(c2ncccc2F)C1. The summed E-state index contributed by atoms with van der Waals surface area (Å²) in [5.41, 5.74) is 0.547. The van der Waals surface area contributed by atoms with E-state index in [9.17, 15) is 8.78 Å². The molecule has 1 aromatic heterocycles. The van der Waals surface area contributed by atoms with Gasteiger partial charge in [-0.15, -0.1) is 0 Å². The van der Waals surface area contributed by atoms with Crippen LogP contribution in [0.1, 0.15) is 12.0 Å². The van der Waals surface area contributed by atoms with E-state index >= 15 is 0 Å². The van der Waals surface area contributed by atoms with Crippen molar-refractivity contribution >= 4 is 27.7 Å². The highest BCUT2D eigenvalue weighted by Gasteiger charge is 2.25. The van der Waals surface area contributed by atoms with Gasteiger partial charge in [-0.1, -0.05) is 15.9 Å². The molecule has 3 rings (SSSR count). The first-order chi connectivity index (χ1) is 12.6. The quantitative estimate of drug-likeness (QED) is 0.585. The molecule has 2 N–H and O–H groups in total. The second kappa shape index (κ2) is 8.44. The number of rotatable bonds is 4. The van der Waals surface area contributed by atoms with Crippen LogP contribution in [-0.2, 0) is 6.54 Å². The summed E-state index contributed by atoms with van der Waals surface area (Å²) in [6.45, 7) is 1.65. The zero-order valence-corrected chi connectivity index (χ0v) is 15.9. The Labute approximate surface area is 159 Å². The van der Waals surface area contributed by atoms with E-state index in [2.05, 4.69) is 36.5 Å². The number of benzene rings is 1. The number of hydrogen-bond donors (Lipinski definition) is 2.